The van der Waals surface area contributed by atoms with Gasteiger partial charge in [-0.15, -0.1) is 11.6 Å². The summed E-state index contributed by atoms with van der Waals surface area (Å²) < 4.78 is 26.8. The van der Waals surface area contributed by atoms with Gasteiger partial charge in [0.15, 0.2) is 0 Å². The molecule has 0 aliphatic rings. The second kappa shape index (κ2) is 3.85. The van der Waals surface area contributed by atoms with E-state index >= 15 is 0 Å². The molecule has 1 aromatic carbocycles. The lowest BCUT2D eigenvalue weighted by Crippen LogP contribution is -2.18. The topological polar surface area (TPSA) is 0 Å². The Balaban J connectivity index is 3.35. The van der Waals surface area contributed by atoms with Crippen LogP contribution >= 0.6 is 11.6 Å². The summed E-state index contributed by atoms with van der Waals surface area (Å²) in [6.07, 6.45) is 0. The fraction of sp³-hybridized carbons (Fsp3) is 0.455. The van der Waals surface area contributed by atoms with E-state index in [1.807, 2.05) is 6.92 Å². The number of benzene rings is 1. The lowest BCUT2D eigenvalue weighted by molar-refractivity contribution is 0.0202. The van der Waals surface area contributed by atoms with Gasteiger partial charge < -0.3 is 0 Å². The molecule has 0 aliphatic heterocycles. The van der Waals surface area contributed by atoms with E-state index in [1.54, 1.807) is 26.0 Å². The summed E-state index contributed by atoms with van der Waals surface area (Å²) in [6, 6.07) is 3.51. The summed E-state index contributed by atoms with van der Waals surface area (Å²) in [5.74, 6) is -3.60. The van der Waals surface area contributed by atoms with Crippen LogP contribution in [0.2, 0.25) is 0 Å². The van der Waals surface area contributed by atoms with E-state index in [0.29, 0.717) is 11.1 Å². The molecule has 0 bridgehead atoms. The fourth-order valence-electron chi connectivity index (χ4n) is 1.82. The average molecular weight is 219 g/mol. The SMILES string of the molecule is Cc1cc(C)c(C(F)(F)CCl)c(C)c1. The van der Waals surface area contributed by atoms with Gasteiger partial charge in [0.2, 0.25) is 0 Å². The lowest BCUT2D eigenvalue weighted by atomic mass is 9.96. The Bertz CT molecular complexity index is 322. The molecule has 0 saturated heterocycles. The molecule has 0 atom stereocenters. The molecule has 0 amide bonds. The maximum Gasteiger partial charge on any atom is 0.287 e. The Hall–Kier alpha value is -0.630. The van der Waals surface area contributed by atoms with Gasteiger partial charge >= 0.3 is 0 Å². The van der Waals surface area contributed by atoms with Gasteiger partial charge in [0.05, 0.1) is 5.88 Å². The average Bonchev–Trinajstić information content (AvgIpc) is 2.01. The van der Waals surface area contributed by atoms with Gasteiger partial charge in [-0.3, -0.25) is 0 Å². The van der Waals surface area contributed by atoms with Crippen LogP contribution < -0.4 is 0 Å². The first-order chi connectivity index (χ1) is 6.38. The maximum atomic E-state index is 13.4. The van der Waals surface area contributed by atoms with Gasteiger partial charge in [-0.25, -0.2) is 0 Å². The number of hydrogen-bond acceptors (Lipinski definition) is 0. The first kappa shape index (κ1) is 11.4. The van der Waals surface area contributed by atoms with Crippen LogP contribution in [0.4, 0.5) is 8.78 Å². The van der Waals surface area contributed by atoms with Crippen molar-refractivity contribution in [2.45, 2.75) is 26.7 Å². The third kappa shape index (κ3) is 2.06. The Labute approximate surface area is 87.9 Å². The normalized spacial score (nSPS) is 11.9. The zero-order chi connectivity index (χ0) is 10.9. The van der Waals surface area contributed by atoms with Crippen LogP contribution in [0.25, 0.3) is 0 Å². The van der Waals surface area contributed by atoms with Crippen LogP contribution in [-0.4, -0.2) is 5.88 Å². The molecule has 78 valence electrons. The third-order valence-corrected chi connectivity index (χ3v) is 2.55. The molecule has 1 rings (SSSR count). The smallest absolute Gasteiger partial charge is 0.200 e. The van der Waals surface area contributed by atoms with Crippen molar-refractivity contribution in [2.24, 2.45) is 0 Å². The van der Waals surface area contributed by atoms with E-state index < -0.39 is 11.8 Å². The van der Waals surface area contributed by atoms with Crippen molar-refractivity contribution in [3.8, 4) is 0 Å². The Morgan fingerprint density at radius 2 is 1.57 bits per heavy atom. The Morgan fingerprint density at radius 1 is 1.14 bits per heavy atom. The molecule has 0 unspecified atom stereocenters. The third-order valence-electron chi connectivity index (χ3n) is 2.21. The summed E-state index contributed by atoms with van der Waals surface area (Å²) >= 11 is 5.26. The lowest BCUT2D eigenvalue weighted by Gasteiger charge is -2.19. The molecule has 0 saturated carbocycles. The highest BCUT2D eigenvalue weighted by molar-refractivity contribution is 6.18. The summed E-state index contributed by atoms with van der Waals surface area (Å²) in [5.41, 5.74) is 2.27. The highest BCUT2D eigenvalue weighted by Gasteiger charge is 2.33. The molecule has 0 radical (unpaired) electrons. The Morgan fingerprint density at radius 3 is 1.93 bits per heavy atom. The molecule has 0 spiro atoms. The molecule has 0 heterocycles. The molecule has 0 aromatic heterocycles. The molecule has 1 aromatic rings. The summed E-state index contributed by atoms with van der Waals surface area (Å²) in [7, 11) is 0. The second-order valence-electron chi connectivity index (χ2n) is 3.61. The molecular formula is C11H13ClF2. The van der Waals surface area contributed by atoms with Crippen LogP contribution in [0, 0.1) is 20.8 Å². The van der Waals surface area contributed by atoms with Crippen molar-refractivity contribution in [1.82, 2.24) is 0 Å². The van der Waals surface area contributed by atoms with E-state index in [-0.39, 0.29) is 5.56 Å². The Kier molecular flexibility index (Phi) is 3.15. The monoisotopic (exact) mass is 218 g/mol. The van der Waals surface area contributed by atoms with Gasteiger partial charge in [0, 0.05) is 5.56 Å². The van der Waals surface area contributed by atoms with Crippen molar-refractivity contribution >= 4 is 11.6 Å². The minimum Gasteiger partial charge on any atom is -0.200 e. The number of hydrogen-bond donors (Lipinski definition) is 0. The first-order valence-electron chi connectivity index (χ1n) is 4.40. The summed E-state index contributed by atoms with van der Waals surface area (Å²) in [4.78, 5) is 0. The minimum absolute atomic E-state index is 0.0677. The first-order valence-corrected chi connectivity index (χ1v) is 4.94. The second-order valence-corrected chi connectivity index (χ2v) is 3.88. The molecule has 0 N–H and O–H groups in total. The number of halogens is 3. The molecule has 0 nitrogen and oxygen atoms in total. The highest BCUT2D eigenvalue weighted by Crippen LogP contribution is 2.34. The zero-order valence-corrected chi connectivity index (χ0v) is 9.25. The highest BCUT2D eigenvalue weighted by atomic mass is 35.5. The van der Waals surface area contributed by atoms with E-state index in [1.165, 1.54) is 0 Å². The van der Waals surface area contributed by atoms with Crippen LogP contribution in [0.1, 0.15) is 22.3 Å². The standard InChI is InChI=1S/C11H13ClF2/c1-7-4-8(2)10(9(3)5-7)11(13,14)6-12/h4-5H,6H2,1-3H3. The number of aryl methyl sites for hydroxylation is 3. The molecule has 0 aliphatic carbocycles. The van der Waals surface area contributed by atoms with Gasteiger partial charge in [-0.2, -0.15) is 8.78 Å². The van der Waals surface area contributed by atoms with Crippen LogP contribution in [0.15, 0.2) is 12.1 Å². The number of rotatable bonds is 2. The molecular weight excluding hydrogens is 206 g/mol. The molecule has 14 heavy (non-hydrogen) atoms. The van der Waals surface area contributed by atoms with Crippen LogP contribution in [0.5, 0.6) is 0 Å². The van der Waals surface area contributed by atoms with Crippen molar-refractivity contribution in [1.29, 1.82) is 0 Å². The van der Waals surface area contributed by atoms with Crippen molar-refractivity contribution in [3.05, 3.63) is 34.4 Å². The van der Waals surface area contributed by atoms with E-state index in [0.717, 1.165) is 5.56 Å². The van der Waals surface area contributed by atoms with Crippen molar-refractivity contribution in [3.63, 3.8) is 0 Å². The van der Waals surface area contributed by atoms with Gasteiger partial charge in [-0.05, 0) is 31.9 Å². The van der Waals surface area contributed by atoms with Gasteiger partial charge in [-0.1, -0.05) is 17.7 Å². The van der Waals surface area contributed by atoms with Crippen LogP contribution in [0.3, 0.4) is 0 Å². The predicted octanol–water partition coefficient (Wildman–Crippen LogP) is 3.94. The van der Waals surface area contributed by atoms with Gasteiger partial charge in [0.25, 0.3) is 5.92 Å². The summed E-state index contributed by atoms with van der Waals surface area (Å²) in [6.45, 7) is 5.27. The van der Waals surface area contributed by atoms with E-state index in [4.69, 9.17) is 11.6 Å². The molecule has 3 heteroatoms. The number of alkyl halides is 3. The van der Waals surface area contributed by atoms with Crippen LogP contribution in [-0.2, 0) is 5.92 Å². The quantitative estimate of drug-likeness (QED) is 0.660. The minimum atomic E-state index is -2.93. The zero-order valence-electron chi connectivity index (χ0n) is 8.50. The fourth-order valence-corrected chi connectivity index (χ4v) is 1.96. The van der Waals surface area contributed by atoms with Gasteiger partial charge in [0.1, 0.15) is 0 Å². The summed E-state index contributed by atoms with van der Waals surface area (Å²) in [5, 5.41) is 0. The van der Waals surface area contributed by atoms with E-state index in [2.05, 4.69) is 0 Å². The van der Waals surface area contributed by atoms with E-state index in [9.17, 15) is 8.78 Å². The van der Waals surface area contributed by atoms with Crippen molar-refractivity contribution < 1.29 is 8.78 Å². The molecule has 0 fully saturated rings. The maximum absolute atomic E-state index is 13.4. The largest absolute Gasteiger partial charge is 0.287 e. The predicted molar refractivity (Wildman–Crippen MR) is 55.3 cm³/mol. The van der Waals surface area contributed by atoms with Crippen molar-refractivity contribution in [2.75, 3.05) is 5.88 Å².